The highest BCUT2D eigenvalue weighted by Crippen LogP contribution is 2.16. The Morgan fingerprint density at radius 2 is 1.62 bits per heavy atom. The van der Waals surface area contributed by atoms with E-state index in [9.17, 15) is 0 Å². The Morgan fingerprint density at radius 3 is 1.92 bits per heavy atom. The van der Waals surface area contributed by atoms with Crippen LogP contribution in [0.5, 0.6) is 0 Å². The zero-order valence-electron chi connectivity index (χ0n) is 8.82. The van der Waals surface area contributed by atoms with E-state index >= 15 is 0 Å². The Labute approximate surface area is 94.2 Å². The Balaban J connectivity index is 3.20. The SMILES string of the molecule is Cc1cc(C(C)C)cc(C)[c]1[Mg][Cl]. The molecule has 0 N–H and O–H groups in total. The zero-order valence-corrected chi connectivity index (χ0v) is 11.0. The van der Waals surface area contributed by atoms with Crippen molar-refractivity contribution in [1.82, 2.24) is 0 Å². The molecule has 1 rings (SSSR count). The molecule has 0 bridgehead atoms. The van der Waals surface area contributed by atoms with E-state index in [-0.39, 0.29) is 0 Å². The highest BCUT2D eigenvalue weighted by atomic mass is 35.5. The van der Waals surface area contributed by atoms with Gasteiger partial charge >= 0.3 is 19.3 Å². The van der Waals surface area contributed by atoms with Crippen LogP contribution < -0.4 is 3.69 Å². The van der Waals surface area contributed by atoms with E-state index in [2.05, 4.69) is 39.8 Å². The van der Waals surface area contributed by atoms with Crippen LogP contribution in [0.15, 0.2) is 12.1 Å². The number of hydrogen-bond acceptors (Lipinski definition) is 0. The van der Waals surface area contributed by atoms with Gasteiger partial charge in [0.15, 0.2) is 0 Å². The molecule has 0 atom stereocenters. The summed E-state index contributed by atoms with van der Waals surface area (Å²) in [5.74, 6) is 0.614. The van der Waals surface area contributed by atoms with Crippen molar-refractivity contribution in [1.29, 1.82) is 0 Å². The molecule has 1 aromatic carbocycles. The molecule has 0 spiro atoms. The van der Waals surface area contributed by atoms with Crippen molar-refractivity contribution >= 4 is 32.0 Å². The minimum Gasteiger partial charge on any atom is -0.336 e. The lowest BCUT2D eigenvalue weighted by atomic mass is 9.98. The molecule has 0 heterocycles. The predicted molar refractivity (Wildman–Crippen MR) is 61.2 cm³/mol. The summed E-state index contributed by atoms with van der Waals surface area (Å²) in [5.41, 5.74) is 4.19. The van der Waals surface area contributed by atoms with Gasteiger partial charge in [0.2, 0.25) is 0 Å². The van der Waals surface area contributed by atoms with Crippen LogP contribution in [-0.2, 0) is 0 Å². The number of hydrogen-bond donors (Lipinski definition) is 0. The van der Waals surface area contributed by atoms with Crippen LogP contribution in [0.25, 0.3) is 0 Å². The van der Waals surface area contributed by atoms with Crippen LogP contribution in [0, 0.1) is 13.8 Å². The number of halogens is 1. The van der Waals surface area contributed by atoms with Crippen LogP contribution in [0.3, 0.4) is 0 Å². The molecule has 0 amide bonds. The van der Waals surface area contributed by atoms with Crippen LogP contribution in [0.4, 0.5) is 0 Å². The molecule has 0 aliphatic carbocycles. The van der Waals surface area contributed by atoms with Gasteiger partial charge < -0.3 is 9.07 Å². The fourth-order valence-corrected chi connectivity index (χ4v) is 3.46. The monoisotopic (exact) mass is 206 g/mol. The molecule has 0 radical (unpaired) electrons. The third kappa shape index (κ3) is 2.61. The second-order valence-electron chi connectivity index (χ2n) is 3.92. The minimum absolute atomic E-state index is 0.535. The molecule has 0 fully saturated rings. The molecule has 13 heavy (non-hydrogen) atoms. The van der Waals surface area contributed by atoms with Gasteiger partial charge in [-0.15, -0.1) is 3.69 Å². The third-order valence-electron chi connectivity index (χ3n) is 2.52. The predicted octanol–water partition coefficient (Wildman–Crippen LogP) is 2.91. The van der Waals surface area contributed by atoms with Crippen molar-refractivity contribution < 1.29 is 0 Å². The van der Waals surface area contributed by atoms with E-state index in [0.29, 0.717) is 5.92 Å². The summed E-state index contributed by atoms with van der Waals surface area (Å²) in [6.45, 7) is 8.80. The largest absolute Gasteiger partial charge is 0.539 e. The molecular weight excluding hydrogens is 192 g/mol. The maximum absolute atomic E-state index is 6.01. The first kappa shape index (κ1) is 11.4. The molecule has 0 aliphatic heterocycles. The summed E-state index contributed by atoms with van der Waals surface area (Å²) in [4.78, 5) is 0. The lowest BCUT2D eigenvalue weighted by Crippen LogP contribution is -2.17. The second kappa shape index (κ2) is 4.67. The van der Waals surface area contributed by atoms with E-state index in [1.807, 2.05) is 0 Å². The van der Waals surface area contributed by atoms with Crippen molar-refractivity contribution in [2.24, 2.45) is 0 Å². The average Bonchev–Trinajstić information content (AvgIpc) is 2.03. The van der Waals surface area contributed by atoms with Crippen molar-refractivity contribution in [3.8, 4) is 0 Å². The molecule has 0 saturated carbocycles. The lowest BCUT2D eigenvalue weighted by molar-refractivity contribution is 0.864. The molecule has 2 heteroatoms. The summed E-state index contributed by atoms with van der Waals surface area (Å²) in [7, 11) is 6.01. The Morgan fingerprint density at radius 1 is 1.15 bits per heavy atom. The highest BCUT2D eigenvalue weighted by molar-refractivity contribution is 7.01. The van der Waals surface area contributed by atoms with Crippen LogP contribution in [0.1, 0.15) is 36.5 Å². The van der Waals surface area contributed by atoms with Gasteiger partial charge in [-0.3, -0.25) is 0 Å². The molecule has 1 aromatic rings. The van der Waals surface area contributed by atoms with Gasteiger partial charge in [-0.05, 0) is 25.3 Å². The Hall–Kier alpha value is 0.276. The third-order valence-corrected chi connectivity index (χ3v) is 4.70. The van der Waals surface area contributed by atoms with Gasteiger partial charge in [-0.2, -0.15) is 0 Å². The zero-order chi connectivity index (χ0) is 10.0. The molecule has 0 saturated heterocycles. The average molecular weight is 207 g/mol. The number of rotatable bonds is 2. The van der Waals surface area contributed by atoms with Crippen molar-refractivity contribution in [3.63, 3.8) is 0 Å². The quantitative estimate of drug-likeness (QED) is 0.654. The topological polar surface area (TPSA) is 0 Å². The van der Waals surface area contributed by atoms with Gasteiger partial charge in [-0.25, -0.2) is 0 Å². The summed E-state index contributed by atoms with van der Waals surface area (Å²) in [6.07, 6.45) is 0. The molecule has 68 valence electrons. The maximum Gasteiger partial charge on any atom is 0.539 e. The molecule has 0 aromatic heterocycles. The van der Waals surface area contributed by atoms with E-state index in [0.717, 1.165) is 0 Å². The van der Waals surface area contributed by atoms with Gasteiger partial charge in [0.1, 0.15) is 0 Å². The maximum atomic E-state index is 6.01. The first-order valence-electron chi connectivity index (χ1n) is 4.72. The van der Waals surface area contributed by atoms with E-state index in [4.69, 9.17) is 9.07 Å². The molecule has 0 nitrogen and oxygen atoms in total. The van der Waals surface area contributed by atoms with Crippen LogP contribution in [0.2, 0.25) is 0 Å². The minimum atomic E-state index is -0.535. The summed E-state index contributed by atoms with van der Waals surface area (Å²) in [5, 5.41) is 0. The Kier molecular flexibility index (Phi) is 4.08. The van der Waals surface area contributed by atoms with Crippen LogP contribution >= 0.6 is 9.07 Å². The summed E-state index contributed by atoms with van der Waals surface area (Å²) in [6, 6.07) is 4.56. The standard InChI is InChI=1S/C11H15.ClH.Mg/c1-8(2)11-6-9(3)5-10(4)7-11;;/h6-8H,1-4H3;1H;/q;;+1/p-1. The molecule has 0 aliphatic rings. The second-order valence-corrected chi connectivity index (χ2v) is 5.70. The first-order chi connectivity index (χ1) is 6.06. The van der Waals surface area contributed by atoms with E-state index < -0.39 is 19.3 Å². The lowest BCUT2D eigenvalue weighted by Gasteiger charge is -2.13. The van der Waals surface area contributed by atoms with Crippen LogP contribution in [-0.4, -0.2) is 19.3 Å². The van der Waals surface area contributed by atoms with Gasteiger partial charge in [-0.1, -0.05) is 37.1 Å². The van der Waals surface area contributed by atoms with Gasteiger partial charge in [0.05, 0.1) is 0 Å². The van der Waals surface area contributed by atoms with E-state index in [1.54, 1.807) is 0 Å². The van der Waals surface area contributed by atoms with Crippen molar-refractivity contribution in [3.05, 3.63) is 28.8 Å². The van der Waals surface area contributed by atoms with Crippen molar-refractivity contribution in [2.75, 3.05) is 0 Å². The summed E-state index contributed by atoms with van der Waals surface area (Å²) >= 11 is -0.535. The number of aryl methyl sites for hydroxylation is 2. The fourth-order valence-electron chi connectivity index (χ4n) is 1.57. The van der Waals surface area contributed by atoms with Gasteiger partial charge in [0.25, 0.3) is 0 Å². The summed E-state index contributed by atoms with van der Waals surface area (Å²) < 4.78 is 1.42. The normalized spacial score (nSPS) is 10.3. The smallest absolute Gasteiger partial charge is 0.336 e. The van der Waals surface area contributed by atoms with Gasteiger partial charge in [0, 0.05) is 0 Å². The molecular formula is C11H15ClMg. The molecule has 0 unspecified atom stereocenters. The number of benzene rings is 1. The highest BCUT2D eigenvalue weighted by Gasteiger charge is 2.07. The Bertz CT molecular complexity index is 282. The van der Waals surface area contributed by atoms with E-state index in [1.165, 1.54) is 20.4 Å². The first-order valence-corrected chi connectivity index (χ1v) is 7.56. The fraction of sp³-hybridized carbons (Fsp3) is 0.455. The van der Waals surface area contributed by atoms with Crippen molar-refractivity contribution in [2.45, 2.75) is 33.6 Å².